The van der Waals surface area contributed by atoms with Gasteiger partial charge in [-0.2, -0.15) is 5.10 Å². The third-order valence-corrected chi connectivity index (χ3v) is 3.58. The molecule has 24 heavy (non-hydrogen) atoms. The van der Waals surface area contributed by atoms with Gasteiger partial charge < -0.3 is 14.6 Å². The van der Waals surface area contributed by atoms with Crippen LogP contribution in [-0.2, 0) is 11.2 Å². The Bertz CT molecular complexity index is 762. The normalized spacial score (nSPS) is 10.6. The van der Waals surface area contributed by atoms with Crippen LogP contribution in [0.2, 0.25) is 5.02 Å². The summed E-state index contributed by atoms with van der Waals surface area (Å²) in [6.45, 7) is 0. The number of hydrogen-bond donors (Lipinski definition) is 2. The van der Waals surface area contributed by atoms with Crippen LogP contribution < -0.4 is 14.9 Å². The predicted octanol–water partition coefficient (Wildman–Crippen LogP) is 2.76. The van der Waals surface area contributed by atoms with E-state index in [0.29, 0.717) is 27.6 Å². The van der Waals surface area contributed by atoms with Crippen LogP contribution in [0.25, 0.3) is 0 Å². The summed E-state index contributed by atoms with van der Waals surface area (Å²) in [6.07, 6.45) is 1.49. The molecular formula is C17H17ClN2O4. The first-order valence-electron chi connectivity index (χ1n) is 7.05. The van der Waals surface area contributed by atoms with E-state index in [1.54, 1.807) is 37.4 Å². The Morgan fingerprint density at radius 1 is 1.25 bits per heavy atom. The molecule has 0 saturated heterocycles. The van der Waals surface area contributed by atoms with Crippen molar-refractivity contribution in [1.29, 1.82) is 0 Å². The van der Waals surface area contributed by atoms with Gasteiger partial charge in [0.05, 0.1) is 26.9 Å². The highest BCUT2D eigenvalue weighted by Gasteiger charge is 2.08. The number of aromatic hydroxyl groups is 1. The van der Waals surface area contributed by atoms with Gasteiger partial charge in [0.2, 0.25) is 5.91 Å². The van der Waals surface area contributed by atoms with E-state index in [1.165, 1.54) is 19.4 Å². The van der Waals surface area contributed by atoms with Gasteiger partial charge in [0.15, 0.2) is 11.5 Å². The molecule has 0 radical (unpaired) electrons. The zero-order valence-corrected chi connectivity index (χ0v) is 14.0. The molecule has 0 unspecified atom stereocenters. The maximum Gasteiger partial charge on any atom is 0.244 e. The van der Waals surface area contributed by atoms with Crippen molar-refractivity contribution in [2.75, 3.05) is 14.2 Å². The Balaban J connectivity index is 1.97. The molecule has 2 aromatic carbocycles. The zero-order valence-electron chi connectivity index (χ0n) is 13.2. The van der Waals surface area contributed by atoms with Crippen LogP contribution in [0.5, 0.6) is 17.2 Å². The van der Waals surface area contributed by atoms with Crippen LogP contribution in [0.4, 0.5) is 0 Å². The lowest BCUT2D eigenvalue weighted by Crippen LogP contribution is -2.20. The fraction of sp³-hybridized carbons (Fsp3) is 0.176. The summed E-state index contributed by atoms with van der Waals surface area (Å²) in [5.74, 6) is 0.665. The molecule has 0 aliphatic rings. The number of hydrazone groups is 1. The number of halogens is 1. The molecule has 0 spiro atoms. The number of carbonyl (C=O) groups is 1. The molecule has 0 bridgehead atoms. The van der Waals surface area contributed by atoms with E-state index in [4.69, 9.17) is 21.1 Å². The van der Waals surface area contributed by atoms with Gasteiger partial charge in [-0.3, -0.25) is 4.79 Å². The predicted molar refractivity (Wildman–Crippen MR) is 92.1 cm³/mol. The third-order valence-electron chi connectivity index (χ3n) is 3.21. The maximum atomic E-state index is 11.9. The Labute approximate surface area is 144 Å². The summed E-state index contributed by atoms with van der Waals surface area (Å²) in [6, 6.07) is 9.88. The van der Waals surface area contributed by atoms with Gasteiger partial charge in [-0.15, -0.1) is 0 Å². The van der Waals surface area contributed by atoms with E-state index in [1.807, 2.05) is 0 Å². The lowest BCUT2D eigenvalue weighted by Gasteiger charge is -2.06. The Hall–Kier alpha value is -2.73. The molecule has 0 aliphatic carbocycles. The van der Waals surface area contributed by atoms with Crippen LogP contribution in [0, 0.1) is 0 Å². The van der Waals surface area contributed by atoms with E-state index in [9.17, 15) is 9.90 Å². The molecule has 6 nitrogen and oxygen atoms in total. The molecule has 2 N–H and O–H groups in total. The van der Waals surface area contributed by atoms with Crippen molar-refractivity contribution in [3.05, 3.63) is 52.5 Å². The van der Waals surface area contributed by atoms with Crippen molar-refractivity contribution in [1.82, 2.24) is 5.43 Å². The number of phenolic OH excluding ortho intramolecular Hbond substituents is 1. The van der Waals surface area contributed by atoms with Crippen LogP contribution in [0.15, 0.2) is 41.5 Å². The summed E-state index contributed by atoms with van der Waals surface area (Å²) < 4.78 is 10.1. The minimum Gasteiger partial charge on any atom is -0.504 e. The minimum absolute atomic E-state index is 0.00376. The van der Waals surface area contributed by atoms with Crippen LogP contribution >= 0.6 is 11.6 Å². The average molecular weight is 349 g/mol. The fourth-order valence-corrected chi connectivity index (χ4v) is 2.18. The van der Waals surface area contributed by atoms with Crippen molar-refractivity contribution >= 4 is 23.7 Å². The van der Waals surface area contributed by atoms with E-state index in [-0.39, 0.29) is 18.1 Å². The lowest BCUT2D eigenvalue weighted by atomic mass is 10.1. The highest BCUT2D eigenvalue weighted by molar-refractivity contribution is 6.31. The summed E-state index contributed by atoms with van der Waals surface area (Å²) in [7, 11) is 3.01. The summed E-state index contributed by atoms with van der Waals surface area (Å²) in [5.41, 5.74) is 3.67. The standard InChI is InChI=1S/C17H17ClN2O4/c1-23-13-4-5-14(18)12(8-13)9-17(22)20-19-10-11-3-6-16(24-2)15(21)7-11/h3-8,10,21H,9H2,1-2H3,(H,20,22)/b19-10+. The first kappa shape index (κ1) is 17.6. The van der Waals surface area contributed by atoms with Gasteiger partial charge in [-0.1, -0.05) is 11.6 Å². The molecule has 0 aromatic heterocycles. The third kappa shape index (κ3) is 4.63. The quantitative estimate of drug-likeness (QED) is 0.621. The van der Waals surface area contributed by atoms with Crippen LogP contribution in [0.1, 0.15) is 11.1 Å². The smallest absolute Gasteiger partial charge is 0.244 e. The van der Waals surface area contributed by atoms with Gasteiger partial charge in [-0.25, -0.2) is 5.43 Å². The monoisotopic (exact) mass is 348 g/mol. The van der Waals surface area contributed by atoms with Crippen molar-refractivity contribution < 1.29 is 19.4 Å². The number of hydrogen-bond acceptors (Lipinski definition) is 5. The number of ether oxygens (including phenoxy) is 2. The van der Waals surface area contributed by atoms with Gasteiger partial charge >= 0.3 is 0 Å². The summed E-state index contributed by atoms with van der Waals surface area (Å²) in [5, 5.41) is 14.0. The van der Waals surface area contributed by atoms with E-state index >= 15 is 0 Å². The maximum absolute atomic E-state index is 11.9. The molecule has 0 heterocycles. The SMILES string of the molecule is COc1ccc(Cl)c(CC(=O)N/N=C/c2ccc(OC)c(O)c2)c1. The van der Waals surface area contributed by atoms with Gasteiger partial charge in [0.25, 0.3) is 0 Å². The average Bonchev–Trinajstić information content (AvgIpc) is 2.57. The largest absolute Gasteiger partial charge is 0.504 e. The van der Waals surface area contributed by atoms with Crippen LogP contribution in [0.3, 0.4) is 0 Å². The number of nitrogens with one attached hydrogen (secondary N) is 1. The second-order valence-electron chi connectivity index (χ2n) is 4.86. The number of amides is 1. The number of methoxy groups -OCH3 is 2. The van der Waals surface area contributed by atoms with Crippen molar-refractivity contribution in [2.24, 2.45) is 5.10 Å². The minimum atomic E-state index is -0.320. The van der Waals surface area contributed by atoms with Crippen molar-refractivity contribution in [3.8, 4) is 17.2 Å². The lowest BCUT2D eigenvalue weighted by molar-refractivity contribution is -0.120. The first-order chi connectivity index (χ1) is 11.5. The molecule has 1 amide bonds. The molecule has 0 saturated carbocycles. The highest BCUT2D eigenvalue weighted by Crippen LogP contribution is 2.25. The number of phenols is 1. The van der Waals surface area contributed by atoms with Gasteiger partial charge in [-0.05, 0) is 47.5 Å². The van der Waals surface area contributed by atoms with Gasteiger partial charge in [0.1, 0.15) is 5.75 Å². The molecule has 126 valence electrons. The Morgan fingerprint density at radius 2 is 2.04 bits per heavy atom. The van der Waals surface area contributed by atoms with E-state index < -0.39 is 0 Å². The van der Waals surface area contributed by atoms with E-state index in [0.717, 1.165) is 0 Å². The topological polar surface area (TPSA) is 80.2 Å². The Kier molecular flexibility index (Phi) is 6.03. The zero-order chi connectivity index (χ0) is 17.5. The highest BCUT2D eigenvalue weighted by atomic mass is 35.5. The molecular weight excluding hydrogens is 332 g/mol. The summed E-state index contributed by atoms with van der Waals surface area (Å²) >= 11 is 6.06. The molecule has 2 rings (SSSR count). The second kappa shape index (κ2) is 8.21. The molecule has 7 heteroatoms. The van der Waals surface area contributed by atoms with Crippen molar-refractivity contribution in [2.45, 2.75) is 6.42 Å². The number of rotatable bonds is 6. The fourth-order valence-electron chi connectivity index (χ4n) is 1.99. The molecule has 0 atom stereocenters. The molecule has 0 aliphatic heterocycles. The van der Waals surface area contributed by atoms with Crippen molar-refractivity contribution in [3.63, 3.8) is 0 Å². The number of benzene rings is 2. The second-order valence-corrected chi connectivity index (χ2v) is 5.27. The van der Waals surface area contributed by atoms with Crippen LogP contribution in [-0.4, -0.2) is 31.4 Å². The van der Waals surface area contributed by atoms with E-state index in [2.05, 4.69) is 10.5 Å². The molecule has 2 aromatic rings. The number of nitrogens with zero attached hydrogens (tertiary/aromatic N) is 1. The number of carbonyl (C=O) groups excluding carboxylic acids is 1. The molecule has 0 fully saturated rings. The Morgan fingerprint density at radius 3 is 2.71 bits per heavy atom. The van der Waals surface area contributed by atoms with Gasteiger partial charge in [0, 0.05) is 5.02 Å². The summed E-state index contributed by atoms with van der Waals surface area (Å²) in [4.78, 5) is 11.9. The first-order valence-corrected chi connectivity index (χ1v) is 7.42.